The Morgan fingerprint density at radius 3 is 2.53 bits per heavy atom. The van der Waals surface area contributed by atoms with Gasteiger partial charge in [0, 0.05) is 36.5 Å². The largest absolute Gasteiger partial charge is 0.369 e. The number of imidazole rings is 1. The first-order valence-corrected chi connectivity index (χ1v) is 15.0. The molecule has 0 spiro atoms. The lowest BCUT2D eigenvalue weighted by atomic mass is 9.89. The fourth-order valence-corrected chi connectivity index (χ4v) is 6.74. The average Bonchev–Trinajstić information content (AvgIpc) is 3.72. The van der Waals surface area contributed by atoms with Gasteiger partial charge in [-0.1, -0.05) is 0 Å². The summed E-state index contributed by atoms with van der Waals surface area (Å²) in [6.07, 6.45) is 6.21. The van der Waals surface area contributed by atoms with E-state index < -0.39 is 6.23 Å². The van der Waals surface area contributed by atoms with Crippen molar-refractivity contribution in [3.05, 3.63) is 89.2 Å². The number of anilines is 1. The van der Waals surface area contributed by atoms with E-state index in [9.17, 15) is 9.50 Å². The van der Waals surface area contributed by atoms with Crippen LogP contribution in [0, 0.1) is 12.7 Å². The van der Waals surface area contributed by atoms with E-state index in [1.807, 2.05) is 42.9 Å². The number of nitrogens with one attached hydrogen (secondary N) is 2. The molecule has 12 heteroatoms. The molecule has 3 N–H and O–H groups in total. The number of hydrogen-bond donors (Lipinski definition) is 3. The summed E-state index contributed by atoms with van der Waals surface area (Å²) in [5, 5.41) is 28.3. The SMILES string of the molecule is Cc1nc(-c2ccncc2)sc1C(O)Nc1cn2nc(-c3c(-c4ccc(F)cc4)nn(C)c3C3CCNCC3)ccc2n1. The number of halogens is 1. The first-order valence-electron chi connectivity index (χ1n) is 14.2. The van der Waals surface area contributed by atoms with Crippen molar-refractivity contribution in [1.29, 1.82) is 0 Å². The molecule has 0 bridgehead atoms. The average molecular weight is 596 g/mol. The van der Waals surface area contributed by atoms with Gasteiger partial charge in [-0.25, -0.2) is 18.9 Å². The fraction of sp³-hybridized carbons (Fsp3) is 0.258. The monoisotopic (exact) mass is 595 g/mol. The second kappa shape index (κ2) is 11.3. The molecule has 218 valence electrons. The zero-order valence-corrected chi connectivity index (χ0v) is 24.5. The number of aromatic nitrogens is 7. The molecule has 1 aliphatic rings. The van der Waals surface area contributed by atoms with Crippen molar-refractivity contribution < 1.29 is 9.50 Å². The van der Waals surface area contributed by atoms with Gasteiger partial charge < -0.3 is 15.7 Å². The predicted octanol–water partition coefficient (Wildman–Crippen LogP) is 5.33. The van der Waals surface area contributed by atoms with Gasteiger partial charge in [-0.3, -0.25) is 9.67 Å². The third-order valence-electron chi connectivity index (χ3n) is 7.80. The first kappa shape index (κ1) is 27.3. The van der Waals surface area contributed by atoms with Crippen LogP contribution in [0.1, 0.15) is 41.3 Å². The van der Waals surface area contributed by atoms with Crippen molar-refractivity contribution in [1.82, 2.24) is 39.7 Å². The number of piperidine rings is 1. The lowest BCUT2D eigenvalue weighted by Gasteiger charge is -2.24. The minimum absolute atomic E-state index is 0.290. The normalized spacial score (nSPS) is 14.8. The number of nitrogens with zero attached hydrogens (tertiary/aromatic N) is 7. The second-order valence-corrected chi connectivity index (χ2v) is 11.7. The van der Waals surface area contributed by atoms with Gasteiger partial charge >= 0.3 is 0 Å². The molecule has 1 fully saturated rings. The van der Waals surface area contributed by atoms with Crippen molar-refractivity contribution in [2.45, 2.75) is 31.9 Å². The molecular formula is C31H30FN9OS. The molecule has 6 aromatic rings. The summed E-state index contributed by atoms with van der Waals surface area (Å²) in [5.41, 5.74) is 6.73. The summed E-state index contributed by atoms with van der Waals surface area (Å²) in [4.78, 5) is 14.1. The van der Waals surface area contributed by atoms with E-state index in [1.165, 1.54) is 23.5 Å². The Kier molecular flexibility index (Phi) is 7.17. The minimum Gasteiger partial charge on any atom is -0.369 e. The number of pyridine rings is 1. The number of rotatable bonds is 7. The molecule has 1 aliphatic heterocycles. The maximum Gasteiger partial charge on any atom is 0.163 e. The zero-order chi connectivity index (χ0) is 29.5. The Hall–Kier alpha value is -4.52. The van der Waals surface area contributed by atoms with Gasteiger partial charge in [0.15, 0.2) is 11.9 Å². The van der Waals surface area contributed by atoms with Gasteiger partial charge in [-0.2, -0.15) is 10.2 Å². The third kappa shape index (κ3) is 5.29. The molecule has 1 saturated heterocycles. The number of aliphatic hydroxyl groups is 1. The molecule has 1 atom stereocenters. The van der Waals surface area contributed by atoms with Crippen molar-refractivity contribution in [2.75, 3.05) is 18.4 Å². The predicted molar refractivity (Wildman–Crippen MR) is 164 cm³/mol. The van der Waals surface area contributed by atoms with Crippen LogP contribution in [-0.4, -0.2) is 52.5 Å². The van der Waals surface area contributed by atoms with Crippen molar-refractivity contribution in [2.24, 2.45) is 7.05 Å². The Balaban J connectivity index is 1.23. The quantitative estimate of drug-likeness (QED) is 0.212. The number of aliphatic hydroxyl groups excluding tert-OH is 1. The molecule has 1 unspecified atom stereocenters. The topological polar surface area (TPSA) is 118 Å². The summed E-state index contributed by atoms with van der Waals surface area (Å²) < 4.78 is 17.5. The van der Waals surface area contributed by atoms with Gasteiger partial charge in [-0.15, -0.1) is 11.3 Å². The number of aryl methyl sites for hydroxylation is 2. The highest BCUT2D eigenvalue weighted by molar-refractivity contribution is 7.15. The molecule has 1 aromatic carbocycles. The zero-order valence-electron chi connectivity index (χ0n) is 23.7. The van der Waals surface area contributed by atoms with Gasteiger partial charge in [0.25, 0.3) is 0 Å². The van der Waals surface area contributed by atoms with E-state index >= 15 is 0 Å². The highest BCUT2D eigenvalue weighted by Gasteiger charge is 2.28. The van der Waals surface area contributed by atoms with Gasteiger partial charge in [0.2, 0.25) is 0 Å². The Morgan fingerprint density at radius 1 is 1.00 bits per heavy atom. The van der Waals surface area contributed by atoms with Crippen LogP contribution in [0.2, 0.25) is 0 Å². The van der Waals surface area contributed by atoms with Crippen LogP contribution in [-0.2, 0) is 7.05 Å². The van der Waals surface area contributed by atoms with Gasteiger partial charge in [0.1, 0.15) is 22.3 Å². The molecule has 43 heavy (non-hydrogen) atoms. The maximum atomic E-state index is 13.8. The van der Waals surface area contributed by atoms with E-state index in [1.54, 1.807) is 35.2 Å². The molecule has 5 aromatic heterocycles. The Bertz CT molecular complexity index is 1890. The van der Waals surface area contributed by atoms with E-state index in [4.69, 9.17) is 10.2 Å². The molecule has 0 saturated carbocycles. The van der Waals surface area contributed by atoms with Crippen molar-refractivity contribution in [3.8, 4) is 33.1 Å². The summed E-state index contributed by atoms with van der Waals surface area (Å²) in [5.74, 6) is 0.510. The Morgan fingerprint density at radius 2 is 1.77 bits per heavy atom. The van der Waals surface area contributed by atoms with E-state index in [0.29, 0.717) is 22.3 Å². The highest BCUT2D eigenvalue weighted by Crippen LogP contribution is 2.40. The van der Waals surface area contributed by atoms with Crippen LogP contribution in [0.15, 0.2) is 67.1 Å². The molecule has 0 amide bonds. The van der Waals surface area contributed by atoms with Crippen molar-refractivity contribution in [3.63, 3.8) is 0 Å². The summed E-state index contributed by atoms with van der Waals surface area (Å²) in [6, 6.07) is 14.1. The van der Waals surface area contributed by atoms with Gasteiger partial charge in [0.05, 0.1) is 33.7 Å². The number of thiazole rings is 1. The molecule has 0 aliphatic carbocycles. The van der Waals surface area contributed by atoms with Crippen molar-refractivity contribution >= 4 is 22.8 Å². The lowest BCUT2D eigenvalue weighted by molar-refractivity contribution is 0.210. The van der Waals surface area contributed by atoms with Crippen LogP contribution >= 0.6 is 11.3 Å². The second-order valence-electron chi connectivity index (χ2n) is 10.7. The number of fused-ring (bicyclic) bond motifs is 1. The standard InChI is InChI=1S/C31H30FN9OS/c1-18-29(43-31(35-18)21-11-15-34-16-12-21)30(42)37-24-17-41-25(36-24)8-7-23(38-41)26-27(19-3-5-22(32)6-4-19)39-40(2)28(26)20-9-13-33-14-10-20/h3-8,11-12,15-17,20,30,33,37,42H,9-10,13-14H2,1-2H3. The summed E-state index contributed by atoms with van der Waals surface area (Å²) >= 11 is 1.43. The van der Waals surface area contributed by atoms with Crippen LogP contribution in [0.25, 0.3) is 38.7 Å². The summed E-state index contributed by atoms with van der Waals surface area (Å²) in [6.45, 7) is 3.76. The molecule has 7 rings (SSSR count). The number of benzene rings is 1. The first-order chi connectivity index (χ1) is 20.9. The molecular weight excluding hydrogens is 565 g/mol. The molecule has 0 radical (unpaired) electrons. The van der Waals surface area contributed by atoms with Crippen LogP contribution in [0.4, 0.5) is 10.2 Å². The maximum absolute atomic E-state index is 13.8. The van der Waals surface area contributed by atoms with Crippen LogP contribution < -0.4 is 10.6 Å². The number of hydrogen-bond acceptors (Lipinski definition) is 9. The molecule has 6 heterocycles. The van der Waals surface area contributed by atoms with Gasteiger partial charge in [-0.05, 0) is 81.4 Å². The highest BCUT2D eigenvalue weighted by atomic mass is 32.1. The van der Waals surface area contributed by atoms with E-state index in [0.717, 1.165) is 70.4 Å². The smallest absolute Gasteiger partial charge is 0.163 e. The van der Waals surface area contributed by atoms with E-state index in [2.05, 4.69) is 25.6 Å². The minimum atomic E-state index is -0.993. The van der Waals surface area contributed by atoms with E-state index in [-0.39, 0.29) is 5.82 Å². The van der Waals surface area contributed by atoms with Crippen LogP contribution in [0.3, 0.4) is 0 Å². The summed E-state index contributed by atoms with van der Waals surface area (Å²) in [7, 11) is 1.97. The lowest BCUT2D eigenvalue weighted by Crippen LogP contribution is -2.27. The molecule has 10 nitrogen and oxygen atoms in total. The van der Waals surface area contributed by atoms with Crippen LogP contribution in [0.5, 0.6) is 0 Å². The fourth-order valence-electron chi connectivity index (χ4n) is 5.73. The Labute approximate surface area is 251 Å². The third-order valence-corrected chi connectivity index (χ3v) is 9.06.